The summed E-state index contributed by atoms with van der Waals surface area (Å²) < 4.78 is 25.9. The van der Waals surface area contributed by atoms with Gasteiger partial charge in [-0.05, 0) is 61.4 Å². The molecular formula is C22H21ClN4O4S2. The van der Waals surface area contributed by atoms with E-state index in [-0.39, 0.29) is 24.0 Å². The third kappa shape index (κ3) is 5.89. The molecule has 1 fully saturated rings. The Morgan fingerprint density at radius 1 is 1.03 bits per heavy atom. The number of sulfonamides is 1. The monoisotopic (exact) mass is 504 g/mol. The smallest absolute Gasteiger partial charge is 0.257 e. The van der Waals surface area contributed by atoms with E-state index in [0.717, 1.165) is 6.42 Å². The topological polar surface area (TPSA) is 108 Å². The van der Waals surface area contributed by atoms with Crippen molar-refractivity contribution in [1.29, 1.82) is 0 Å². The molecule has 2 amide bonds. The van der Waals surface area contributed by atoms with Crippen molar-refractivity contribution in [3.8, 4) is 0 Å². The molecule has 172 valence electrons. The van der Waals surface area contributed by atoms with E-state index in [0.29, 0.717) is 45.8 Å². The van der Waals surface area contributed by atoms with Gasteiger partial charge in [0.2, 0.25) is 15.9 Å². The lowest BCUT2D eigenvalue weighted by atomic mass is 10.2. The number of aromatic nitrogens is 1. The van der Waals surface area contributed by atoms with E-state index in [9.17, 15) is 18.0 Å². The highest BCUT2D eigenvalue weighted by molar-refractivity contribution is 7.92. The standard InChI is InChI=1S/C22H21ClN4O4S2/c23-16-5-3-15(4-6-16)21(29)26-22-25-18(14-32-22)13-20(28)24-17-7-9-19(10-8-17)27-11-1-2-12-33(27,30)31/h3-10,14H,1-2,11-13H2,(H,24,28)(H,25,26,29). The normalized spacial score (nSPS) is 15.1. The predicted molar refractivity (Wildman–Crippen MR) is 131 cm³/mol. The highest BCUT2D eigenvalue weighted by atomic mass is 35.5. The van der Waals surface area contributed by atoms with Gasteiger partial charge in [-0.25, -0.2) is 13.4 Å². The molecule has 1 aromatic heterocycles. The fourth-order valence-electron chi connectivity index (χ4n) is 3.38. The number of halogens is 1. The number of nitrogens with zero attached hydrogens (tertiary/aromatic N) is 2. The van der Waals surface area contributed by atoms with Crippen molar-refractivity contribution in [2.45, 2.75) is 19.3 Å². The Kier molecular flexibility index (Phi) is 6.96. The van der Waals surface area contributed by atoms with Gasteiger partial charge < -0.3 is 5.32 Å². The molecule has 4 rings (SSSR count). The van der Waals surface area contributed by atoms with E-state index < -0.39 is 10.0 Å². The highest BCUT2D eigenvalue weighted by Crippen LogP contribution is 2.25. The van der Waals surface area contributed by atoms with Crippen LogP contribution in [0.4, 0.5) is 16.5 Å². The van der Waals surface area contributed by atoms with Crippen molar-refractivity contribution in [3.05, 3.63) is 70.2 Å². The van der Waals surface area contributed by atoms with Gasteiger partial charge in [-0.2, -0.15) is 0 Å². The average molecular weight is 505 g/mol. The Balaban J connectivity index is 1.32. The Bertz CT molecular complexity index is 1260. The zero-order chi connectivity index (χ0) is 23.4. The summed E-state index contributed by atoms with van der Waals surface area (Å²) in [6.45, 7) is 0.467. The molecule has 1 aliphatic rings. The van der Waals surface area contributed by atoms with Gasteiger partial charge in [0.1, 0.15) is 0 Å². The molecule has 0 aliphatic carbocycles. The maximum atomic E-state index is 12.4. The van der Waals surface area contributed by atoms with Crippen LogP contribution in [0.2, 0.25) is 5.02 Å². The molecule has 0 radical (unpaired) electrons. The molecule has 3 aromatic rings. The zero-order valence-corrected chi connectivity index (χ0v) is 19.8. The fraction of sp³-hybridized carbons (Fsp3) is 0.227. The molecule has 11 heteroatoms. The summed E-state index contributed by atoms with van der Waals surface area (Å²) in [5.74, 6) is -0.427. The number of rotatable bonds is 6. The number of benzene rings is 2. The van der Waals surface area contributed by atoms with E-state index in [1.807, 2.05) is 0 Å². The minimum atomic E-state index is -3.28. The zero-order valence-electron chi connectivity index (χ0n) is 17.5. The first-order valence-corrected chi connectivity index (χ1v) is 13.1. The van der Waals surface area contributed by atoms with Crippen molar-refractivity contribution in [3.63, 3.8) is 0 Å². The van der Waals surface area contributed by atoms with Crippen LogP contribution in [0.3, 0.4) is 0 Å². The summed E-state index contributed by atoms with van der Waals surface area (Å²) in [6.07, 6.45) is 1.54. The summed E-state index contributed by atoms with van der Waals surface area (Å²) in [5.41, 5.74) is 2.13. The van der Waals surface area contributed by atoms with Crippen molar-refractivity contribution < 1.29 is 18.0 Å². The van der Waals surface area contributed by atoms with Crippen LogP contribution in [0.5, 0.6) is 0 Å². The Morgan fingerprint density at radius 2 is 1.76 bits per heavy atom. The van der Waals surface area contributed by atoms with Crippen molar-refractivity contribution in [2.75, 3.05) is 27.2 Å². The number of nitrogens with one attached hydrogen (secondary N) is 2. The molecule has 0 bridgehead atoms. The van der Waals surface area contributed by atoms with Gasteiger partial charge in [-0.1, -0.05) is 11.6 Å². The van der Waals surface area contributed by atoms with Crippen LogP contribution in [0.15, 0.2) is 53.9 Å². The third-order valence-electron chi connectivity index (χ3n) is 5.01. The molecule has 2 heterocycles. The summed E-state index contributed by atoms with van der Waals surface area (Å²) in [7, 11) is -3.28. The molecule has 0 unspecified atom stereocenters. The average Bonchev–Trinajstić information content (AvgIpc) is 3.21. The molecule has 33 heavy (non-hydrogen) atoms. The fourth-order valence-corrected chi connectivity index (χ4v) is 5.85. The maximum Gasteiger partial charge on any atom is 0.257 e. The van der Waals surface area contributed by atoms with Gasteiger partial charge in [-0.15, -0.1) is 11.3 Å². The quantitative estimate of drug-likeness (QED) is 0.524. The van der Waals surface area contributed by atoms with Crippen molar-refractivity contribution in [1.82, 2.24) is 4.98 Å². The van der Waals surface area contributed by atoms with Gasteiger partial charge >= 0.3 is 0 Å². The number of thiazole rings is 1. The predicted octanol–water partition coefficient (Wildman–Crippen LogP) is 4.16. The van der Waals surface area contributed by atoms with E-state index in [1.165, 1.54) is 15.6 Å². The summed E-state index contributed by atoms with van der Waals surface area (Å²) in [4.78, 5) is 29.0. The van der Waals surface area contributed by atoms with Crippen LogP contribution in [-0.2, 0) is 21.2 Å². The molecule has 8 nitrogen and oxygen atoms in total. The van der Waals surface area contributed by atoms with E-state index in [1.54, 1.807) is 53.9 Å². The summed E-state index contributed by atoms with van der Waals surface area (Å²) in [6, 6.07) is 13.2. The van der Waals surface area contributed by atoms with Crippen molar-refractivity contribution >= 4 is 61.3 Å². The Labute approximate surface area is 200 Å². The summed E-state index contributed by atoms with van der Waals surface area (Å²) >= 11 is 7.06. The van der Waals surface area contributed by atoms with Crippen LogP contribution in [0, 0.1) is 0 Å². The summed E-state index contributed by atoms with van der Waals surface area (Å²) in [5, 5.41) is 8.13. The second-order valence-electron chi connectivity index (χ2n) is 7.47. The lowest BCUT2D eigenvalue weighted by molar-refractivity contribution is -0.115. The molecule has 1 aliphatic heterocycles. The molecule has 0 atom stereocenters. The van der Waals surface area contributed by atoms with E-state index >= 15 is 0 Å². The number of anilines is 3. The second-order valence-corrected chi connectivity index (χ2v) is 10.8. The molecule has 0 spiro atoms. The number of carbonyl (C=O) groups is 2. The maximum absolute atomic E-state index is 12.4. The van der Waals surface area contributed by atoms with Gasteiger partial charge in [-0.3, -0.25) is 19.2 Å². The van der Waals surface area contributed by atoms with Gasteiger partial charge in [0.15, 0.2) is 5.13 Å². The second kappa shape index (κ2) is 9.90. The molecule has 2 aromatic carbocycles. The third-order valence-corrected chi connectivity index (χ3v) is 7.94. The van der Waals surface area contributed by atoms with E-state index in [4.69, 9.17) is 11.6 Å². The Morgan fingerprint density at radius 3 is 2.45 bits per heavy atom. The first-order chi connectivity index (χ1) is 15.8. The molecule has 1 saturated heterocycles. The minimum Gasteiger partial charge on any atom is -0.326 e. The number of hydrogen-bond donors (Lipinski definition) is 2. The first-order valence-electron chi connectivity index (χ1n) is 10.2. The van der Waals surface area contributed by atoms with Gasteiger partial charge in [0.25, 0.3) is 5.91 Å². The lowest BCUT2D eigenvalue weighted by Gasteiger charge is -2.28. The number of amides is 2. The first kappa shape index (κ1) is 23.2. The number of hydrogen-bond acceptors (Lipinski definition) is 6. The lowest BCUT2D eigenvalue weighted by Crippen LogP contribution is -2.37. The largest absolute Gasteiger partial charge is 0.326 e. The van der Waals surface area contributed by atoms with Gasteiger partial charge in [0.05, 0.1) is 23.6 Å². The highest BCUT2D eigenvalue weighted by Gasteiger charge is 2.25. The molecular weight excluding hydrogens is 484 g/mol. The SMILES string of the molecule is O=C(Cc1csc(NC(=O)c2ccc(Cl)cc2)n1)Nc1ccc(N2CCCCS2(=O)=O)cc1. The molecule has 0 saturated carbocycles. The van der Waals surface area contributed by atoms with Gasteiger partial charge in [0, 0.05) is 28.2 Å². The van der Waals surface area contributed by atoms with Crippen LogP contribution in [0.1, 0.15) is 28.9 Å². The number of carbonyl (C=O) groups excluding carboxylic acids is 2. The minimum absolute atomic E-state index is 0.0373. The van der Waals surface area contributed by atoms with Crippen LogP contribution >= 0.6 is 22.9 Å². The Hall–Kier alpha value is -2.95. The van der Waals surface area contributed by atoms with Crippen LogP contribution < -0.4 is 14.9 Å². The van der Waals surface area contributed by atoms with Crippen molar-refractivity contribution in [2.24, 2.45) is 0 Å². The van der Waals surface area contributed by atoms with E-state index in [2.05, 4.69) is 15.6 Å². The van der Waals surface area contributed by atoms with Crippen LogP contribution in [-0.4, -0.2) is 37.5 Å². The molecule has 2 N–H and O–H groups in total. The van der Waals surface area contributed by atoms with Crippen LogP contribution in [0.25, 0.3) is 0 Å².